The summed E-state index contributed by atoms with van der Waals surface area (Å²) in [7, 11) is 0. The molecule has 4 nitrogen and oxygen atoms in total. The fraction of sp³-hybridized carbons (Fsp3) is 0.846. The van der Waals surface area contributed by atoms with Crippen LogP contribution in [0.1, 0.15) is 46.5 Å². The van der Waals surface area contributed by atoms with Crippen LogP contribution in [0.25, 0.3) is 0 Å². The summed E-state index contributed by atoms with van der Waals surface area (Å²) in [6, 6.07) is 0.268. The summed E-state index contributed by atoms with van der Waals surface area (Å²) in [5.41, 5.74) is 0. The van der Waals surface area contributed by atoms with Crippen molar-refractivity contribution < 1.29 is 9.59 Å². The third kappa shape index (κ3) is 3.72. The van der Waals surface area contributed by atoms with Crippen molar-refractivity contribution in [1.29, 1.82) is 0 Å². The molecule has 1 N–H and O–H groups in total. The summed E-state index contributed by atoms with van der Waals surface area (Å²) in [5.74, 6) is 0.00227. The van der Waals surface area contributed by atoms with Gasteiger partial charge in [-0.15, -0.1) is 0 Å². The molecule has 2 atom stereocenters. The molecule has 0 aliphatic carbocycles. The number of carbonyl (C=O) groups excluding carboxylic acids is 2. The van der Waals surface area contributed by atoms with Gasteiger partial charge in [-0.05, 0) is 19.8 Å². The largest absolute Gasteiger partial charge is 0.355 e. The number of nitrogens with zero attached hydrogens (tertiary/aromatic N) is 1. The standard InChI is InChI=1S/C13H24N2O2/c1-4-6-7-15(10(3)5-2)13(17)11-8-12(16)14-9-11/h10-11H,4-9H2,1-3H3,(H,14,16). The molecule has 1 rings (SSSR count). The van der Waals surface area contributed by atoms with Crippen LogP contribution in [0.5, 0.6) is 0 Å². The topological polar surface area (TPSA) is 49.4 Å². The molecule has 0 saturated carbocycles. The van der Waals surface area contributed by atoms with Crippen LogP contribution < -0.4 is 5.32 Å². The van der Waals surface area contributed by atoms with Gasteiger partial charge < -0.3 is 10.2 Å². The van der Waals surface area contributed by atoms with E-state index < -0.39 is 0 Å². The molecule has 0 spiro atoms. The Labute approximate surface area is 104 Å². The van der Waals surface area contributed by atoms with Gasteiger partial charge in [-0.1, -0.05) is 20.3 Å². The van der Waals surface area contributed by atoms with Gasteiger partial charge in [0.1, 0.15) is 0 Å². The first-order chi connectivity index (χ1) is 8.10. The number of nitrogens with one attached hydrogen (secondary N) is 1. The zero-order valence-corrected chi connectivity index (χ0v) is 11.2. The lowest BCUT2D eigenvalue weighted by atomic mass is 10.0. The van der Waals surface area contributed by atoms with Crippen molar-refractivity contribution in [2.75, 3.05) is 13.1 Å². The molecule has 1 heterocycles. The second kappa shape index (κ2) is 6.62. The Bertz CT molecular complexity index is 279. The van der Waals surface area contributed by atoms with Gasteiger partial charge in [0.05, 0.1) is 5.92 Å². The van der Waals surface area contributed by atoms with E-state index in [1.54, 1.807) is 0 Å². The number of rotatable bonds is 6. The summed E-state index contributed by atoms with van der Waals surface area (Å²) in [6.07, 6.45) is 3.44. The van der Waals surface area contributed by atoms with Crippen LogP contribution in [0.4, 0.5) is 0 Å². The zero-order chi connectivity index (χ0) is 12.8. The van der Waals surface area contributed by atoms with E-state index in [-0.39, 0.29) is 23.8 Å². The predicted molar refractivity (Wildman–Crippen MR) is 67.5 cm³/mol. The number of amides is 2. The summed E-state index contributed by atoms with van der Waals surface area (Å²) in [6.45, 7) is 7.62. The van der Waals surface area contributed by atoms with Crippen molar-refractivity contribution in [3.8, 4) is 0 Å². The Morgan fingerprint density at radius 2 is 2.24 bits per heavy atom. The molecule has 1 fully saturated rings. The second-order valence-electron chi connectivity index (χ2n) is 4.85. The minimum Gasteiger partial charge on any atom is -0.355 e. The monoisotopic (exact) mass is 240 g/mol. The number of hydrogen-bond donors (Lipinski definition) is 1. The van der Waals surface area contributed by atoms with E-state index in [9.17, 15) is 9.59 Å². The Morgan fingerprint density at radius 3 is 2.71 bits per heavy atom. The van der Waals surface area contributed by atoms with Crippen LogP contribution in [-0.2, 0) is 9.59 Å². The first-order valence-corrected chi connectivity index (χ1v) is 6.67. The maximum Gasteiger partial charge on any atom is 0.228 e. The molecule has 0 aromatic carbocycles. The lowest BCUT2D eigenvalue weighted by molar-refractivity contribution is -0.138. The fourth-order valence-electron chi connectivity index (χ4n) is 2.11. The van der Waals surface area contributed by atoms with E-state index in [1.165, 1.54) is 0 Å². The van der Waals surface area contributed by atoms with Gasteiger partial charge >= 0.3 is 0 Å². The third-order valence-corrected chi connectivity index (χ3v) is 3.49. The van der Waals surface area contributed by atoms with Gasteiger partial charge in [-0.2, -0.15) is 0 Å². The number of hydrogen-bond acceptors (Lipinski definition) is 2. The van der Waals surface area contributed by atoms with E-state index in [4.69, 9.17) is 0 Å². The third-order valence-electron chi connectivity index (χ3n) is 3.49. The first-order valence-electron chi connectivity index (χ1n) is 6.67. The van der Waals surface area contributed by atoms with Crippen LogP contribution in [0.15, 0.2) is 0 Å². The van der Waals surface area contributed by atoms with Crippen LogP contribution in [0.3, 0.4) is 0 Å². The highest BCUT2D eigenvalue weighted by Gasteiger charge is 2.32. The molecular weight excluding hydrogens is 216 g/mol. The molecule has 1 aliphatic rings. The highest BCUT2D eigenvalue weighted by atomic mass is 16.2. The number of unbranched alkanes of at least 4 members (excludes halogenated alkanes) is 1. The Hall–Kier alpha value is -1.06. The zero-order valence-electron chi connectivity index (χ0n) is 11.2. The summed E-state index contributed by atoms with van der Waals surface area (Å²) >= 11 is 0. The molecule has 0 radical (unpaired) electrons. The SMILES string of the molecule is CCCCN(C(=O)C1CNC(=O)C1)C(C)CC. The van der Waals surface area contributed by atoms with Crippen LogP contribution in [0.2, 0.25) is 0 Å². The molecule has 0 aromatic heterocycles. The minimum atomic E-state index is -0.145. The van der Waals surface area contributed by atoms with E-state index in [1.807, 2.05) is 4.90 Å². The van der Waals surface area contributed by atoms with E-state index in [0.29, 0.717) is 13.0 Å². The molecule has 1 aliphatic heterocycles. The lowest BCUT2D eigenvalue weighted by Crippen LogP contribution is -2.43. The Morgan fingerprint density at radius 1 is 1.53 bits per heavy atom. The summed E-state index contributed by atoms with van der Waals surface area (Å²) in [4.78, 5) is 25.4. The highest BCUT2D eigenvalue weighted by molar-refractivity contribution is 5.89. The van der Waals surface area contributed by atoms with Gasteiger partial charge in [0.2, 0.25) is 11.8 Å². The minimum absolute atomic E-state index is 0.00273. The lowest BCUT2D eigenvalue weighted by Gasteiger charge is -2.30. The van der Waals surface area contributed by atoms with E-state index in [2.05, 4.69) is 26.1 Å². The van der Waals surface area contributed by atoms with Gasteiger partial charge in [0.25, 0.3) is 0 Å². The van der Waals surface area contributed by atoms with Gasteiger partial charge in [0, 0.05) is 25.6 Å². The van der Waals surface area contributed by atoms with Crippen LogP contribution >= 0.6 is 0 Å². The van der Waals surface area contributed by atoms with E-state index in [0.717, 1.165) is 25.8 Å². The van der Waals surface area contributed by atoms with Gasteiger partial charge in [-0.3, -0.25) is 9.59 Å². The molecule has 2 unspecified atom stereocenters. The number of carbonyl (C=O) groups is 2. The van der Waals surface area contributed by atoms with Crippen molar-refractivity contribution in [2.24, 2.45) is 5.92 Å². The summed E-state index contributed by atoms with van der Waals surface area (Å²) < 4.78 is 0. The quantitative estimate of drug-likeness (QED) is 0.766. The molecule has 0 aromatic rings. The predicted octanol–water partition coefficient (Wildman–Crippen LogP) is 1.55. The van der Waals surface area contributed by atoms with Crippen molar-refractivity contribution in [1.82, 2.24) is 10.2 Å². The van der Waals surface area contributed by atoms with Crippen LogP contribution in [-0.4, -0.2) is 35.8 Å². The van der Waals surface area contributed by atoms with Gasteiger partial charge in [-0.25, -0.2) is 0 Å². The average molecular weight is 240 g/mol. The van der Waals surface area contributed by atoms with Gasteiger partial charge in [0.15, 0.2) is 0 Å². The molecule has 98 valence electrons. The Balaban J connectivity index is 2.61. The average Bonchev–Trinajstić information content (AvgIpc) is 2.75. The highest BCUT2D eigenvalue weighted by Crippen LogP contribution is 2.16. The molecule has 0 bridgehead atoms. The second-order valence-corrected chi connectivity index (χ2v) is 4.85. The Kier molecular flexibility index (Phi) is 5.45. The van der Waals surface area contributed by atoms with Crippen molar-refractivity contribution in [2.45, 2.75) is 52.5 Å². The smallest absolute Gasteiger partial charge is 0.228 e. The molecule has 2 amide bonds. The summed E-state index contributed by atoms with van der Waals surface area (Å²) in [5, 5.41) is 2.73. The van der Waals surface area contributed by atoms with Crippen LogP contribution in [0, 0.1) is 5.92 Å². The first kappa shape index (κ1) is 14.0. The van der Waals surface area contributed by atoms with E-state index >= 15 is 0 Å². The molecule has 1 saturated heterocycles. The molecular formula is C13H24N2O2. The van der Waals surface area contributed by atoms with Crippen molar-refractivity contribution >= 4 is 11.8 Å². The van der Waals surface area contributed by atoms with Crippen molar-refractivity contribution in [3.63, 3.8) is 0 Å². The van der Waals surface area contributed by atoms with Crippen molar-refractivity contribution in [3.05, 3.63) is 0 Å². The normalized spacial score (nSPS) is 21.1. The maximum absolute atomic E-state index is 12.3. The maximum atomic E-state index is 12.3. The molecule has 4 heteroatoms. The fourth-order valence-corrected chi connectivity index (χ4v) is 2.11. The molecule has 17 heavy (non-hydrogen) atoms.